The van der Waals surface area contributed by atoms with Gasteiger partial charge in [0.1, 0.15) is 0 Å². The molecule has 0 amide bonds. The van der Waals surface area contributed by atoms with Crippen LogP contribution in [0.25, 0.3) is 0 Å². The molecule has 0 heterocycles. The summed E-state index contributed by atoms with van der Waals surface area (Å²) in [4.78, 5) is 9.61. The van der Waals surface area contributed by atoms with Gasteiger partial charge in [-0.15, -0.1) is 0 Å². The van der Waals surface area contributed by atoms with E-state index >= 15 is 0 Å². The molecule has 0 radical (unpaired) electrons. The number of nitrogens with zero attached hydrogens (tertiary/aromatic N) is 1. The maximum atomic E-state index is 13.2. The number of nitro groups is 1. The van der Waals surface area contributed by atoms with Crippen molar-refractivity contribution in [2.45, 2.75) is 6.61 Å². The zero-order chi connectivity index (χ0) is 12.0. The van der Waals surface area contributed by atoms with Crippen LogP contribution >= 0.6 is 0 Å². The molecule has 0 spiro atoms. The first-order valence-corrected chi connectivity index (χ1v) is 4.80. The smallest absolute Gasteiger partial charge is 0.304 e. The Bertz CT molecular complexity index is 371. The predicted molar refractivity (Wildman–Crippen MR) is 56.6 cm³/mol. The van der Waals surface area contributed by atoms with Crippen LogP contribution in [0.5, 0.6) is 0 Å². The molecule has 16 heavy (non-hydrogen) atoms. The van der Waals surface area contributed by atoms with Gasteiger partial charge in [0.2, 0.25) is 5.82 Å². The van der Waals surface area contributed by atoms with E-state index in [-0.39, 0.29) is 6.61 Å². The molecular formula is C10H13FN2O3. The molecule has 0 unspecified atom stereocenters. The molecule has 0 saturated carbocycles. The molecule has 6 heteroatoms. The molecule has 1 aromatic carbocycles. The number of nitrogens with one attached hydrogen (secondary N) is 1. The molecule has 0 bridgehead atoms. The molecule has 1 rings (SSSR count). The van der Waals surface area contributed by atoms with Gasteiger partial charge in [0, 0.05) is 12.6 Å². The fraction of sp³-hybridized carbons (Fsp3) is 0.400. The minimum Gasteiger partial charge on any atom is -0.375 e. The second-order valence-electron chi connectivity index (χ2n) is 3.20. The van der Waals surface area contributed by atoms with Crippen LogP contribution in [-0.4, -0.2) is 25.1 Å². The van der Waals surface area contributed by atoms with Crippen LogP contribution in [0, 0.1) is 15.9 Å². The first-order chi connectivity index (χ1) is 7.65. The van der Waals surface area contributed by atoms with Gasteiger partial charge in [-0.05, 0) is 24.7 Å². The van der Waals surface area contributed by atoms with Crippen molar-refractivity contribution in [3.05, 3.63) is 39.7 Å². The highest BCUT2D eigenvalue weighted by atomic mass is 19.1. The lowest BCUT2D eigenvalue weighted by atomic mass is 10.2. The van der Waals surface area contributed by atoms with Crippen molar-refractivity contribution in [1.29, 1.82) is 0 Å². The lowest BCUT2D eigenvalue weighted by Gasteiger charge is -2.04. The van der Waals surface area contributed by atoms with Crippen molar-refractivity contribution >= 4 is 5.69 Å². The van der Waals surface area contributed by atoms with Gasteiger partial charge in [0.25, 0.3) is 0 Å². The third kappa shape index (κ3) is 3.56. The van der Waals surface area contributed by atoms with E-state index < -0.39 is 16.4 Å². The Balaban J connectivity index is 2.56. The number of hydrogen-bond acceptors (Lipinski definition) is 4. The molecule has 0 saturated heterocycles. The van der Waals surface area contributed by atoms with Gasteiger partial charge in [0.15, 0.2) is 0 Å². The molecule has 88 valence electrons. The number of halogens is 1. The summed E-state index contributed by atoms with van der Waals surface area (Å²) in [6, 6.07) is 3.75. The van der Waals surface area contributed by atoms with Crippen LogP contribution in [-0.2, 0) is 11.3 Å². The molecule has 1 aromatic rings. The van der Waals surface area contributed by atoms with Gasteiger partial charge in [-0.1, -0.05) is 0 Å². The summed E-state index contributed by atoms with van der Waals surface area (Å²) in [7, 11) is 1.80. The minimum absolute atomic E-state index is 0.247. The molecule has 0 aromatic heterocycles. The van der Waals surface area contributed by atoms with Crippen molar-refractivity contribution < 1.29 is 14.1 Å². The third-order valence-corrected chi connectivity index (χ3v) is 1.97. The Hall–Kier alpha value is -1.53. The van der Waals surface area contributed by atoms with Gasteiger partial charge in [-0.3, -0.25) is 10.1 Å². The van der Waals surface area contributed by atoms with Crippen LogP contribution in [0.2, 0.25) is 0 Å². The van der Waals surface area contributed by atoms with Crippen molar-refractivity contribution in [2.75, 3.05) is 20.2 Å². The van der Waals surface area contributed by atoms with E-state index in [1.807, 2.05) is 0 Å². The lowest BCUT2D eigenvalue weighted by molar-refractivity contribution is -0.387. The molecular weight excluding hydrogens is 215 g/mol. The summed E-state index contributed by atoms with van der Waals surface area (Å²) in [5.41, 5.74) is 0.0678. The zero-order valence-corrected chi connectivity index (χ0v) is 8.90. The largest absolute Gasteiger partial charge is 0.375 e. The monoisotopic (exact) mass is 228 g/mol. The summed E-state index contributed by atoms with van der Waals surface area (Å²) >= 11 is 0. The molecule has 0 aliphatic carbocycles. The number of ether oxygens (including phenoxy) is 1. The van der Waals surface area contributed by atoms with Crippen LogP contribution in [0.3, 0.4) is 0 Å². The first-order valence-electron chi connectivity index (χ1n) is 4.80. The third-order valence-electron chi connectivity index (χ3n) is 1.97. The minimum atomic E-state index is -0.834. The summed E-state index contributed by atoms with van der Waals surface area (Å²) in [5.74, 6) is -0.834. The highest BCUT2D eigenvalue weighted by Crippen LogP contribution is 2.18. The van der Waals surface area contributed by atoms with E-state index in [2.05, 4.69) is 5.32 Å². The average molecular weight is 228 g/mol. The van der Waals surface area contributed by atoms with Crippen molar-refractivity contribution in [1.82, 2.24) is 5.32 Å². The summed E-state index contributed by atoms with van der Waals surface area (Å²) in [5, 5.41) is 13.3. The highest BCUT2D eigenvalue weighted by Gasteiger charge is 2.13. The van der Waals surface area contributed by atoms with E-state index in [1.54, 1.807) is 7.05 Å². The second kappa shape index (κ2) is 6.14. The lowest BCUT2D eigenvalue weighted by Crippen LogP contribution is -2.14. The summed E-state index contributed by atoms with van der Waals surface area (Å²) in [6.45, 7) is 1.46. The summed E-state index contributed by atoms with van der Waals surface area (Å²) in [6.07, 6.45) is 0. The zero-order valence-electron chi connectivity index (χ0n) is 8.90. The Morgan fingerprint density at radius 2 is 2.31 bits per heavy atom. The van der Waals surface area contributed by atoms with Crippen molar-refractivity contribution in [2.24, 2.45) is 0 Å². The Kier molecular flexibility index (Phi) is 4.81. The van der Waals surface area contributed by atoms with Gasteiger partial charge >= 0.3 is 5.69 Å². The van der Waals surface area contributed by atoms with Crippen LogP contribution in [0.15, 0.2) is 18.2 Å². The van der Waals surface area contributed by atoms with Gasteiger partial charge < -0.3 is 10.1 Å². The topological polar surface area (TPSA) is 64.4 Å². The number of hydrogen-bond donors (Lipinski definition) is 1. The average Bonchev–Trinajstić information content (AvgIpc) is 2.24. The fourth-order valence-electron chi connectivity index (χ4n) is 1.15. The fourth-order valence-corrected chi connectivity index (χ4v) is 1.15. The number of rotatable bonds is 6. The predicted octanol–water partition coefficient (Wildman–Crippen LogP) is 1.47. The van der Waals surface area contributed by atoms with Crippen LogP contribution in [0.4, 0.5) is 10.1 Å². The molecule has 0 fully saturated rings. The van der Waals surface area contributed by atoms with Crippen LogP contribution in [0.1, 0.15) is 5.56 Å². The van der Waals surface area contributed by atoms with Crippen molar-refractivity contribution in [3.63, 3.8) is 0 Å². The Morgan fingerprint density at radius 3 is 2.88 bits per heavy atom. The molecule has 1 N–H and O–H groups in total. The molecule has 5 nitrogen and oxygen atoms in total. The number of benzene rings is 1. The van der Waals surface area contributed by atoms with E-state index in [0.29, 0.717) is 18.7 Å². The van der Waals surface area contributed by atoms with Crippen molar-refractivity contribution in [3.8, 4) is 0 Å². The highest BCUT2D eigenvalue weighted by molar-refractivity contribution is 5.34. The van der Waals surface area contributed by atoms with E-state index in [0.717, 1.165) is 12.1 Å². The second-order valence-corrected chi connectivity index (χ2v) is 3.20. The Morgan fingerprint density at radius 1 is 1.56 bits per heavy atom. The normalized spacial score (nSPS) is 10.4. The maximum Gasteiger partial charge on any atom is 0.304 e. The standard InChI is InChI=1S/C10H13FN2O3/c1-12-4-5-16-7-8-2-3-10(13(14)15)9(11)6-8/h2-3,6,12H,4-5,7H2,1H3. The van der Waals surface area contributed by atoms with Gasteiger partial charge in [-0.2, -0.15) is 4.39 Å². The van der Waals surface area contributed by atoms with E-state index in [4.69, 9.17) is 4.74 Å². The van der Waals surface area contributed by atoms with Crippen LogP contribution < -0.4 is 5.32 Å². The maximum absolute atomic E-state index is 13.2. The first kappa shape index (κ1) is 12.5. The van der Waals surface area contributed by atoms with Gasteiger partial charge in [-0.25, -0.2) is 0 Å². The van der Waals surface area contributed by atoms with Gasteiger partial charge in [0.05, 0.1) is 18.1 Å². The molecule has 0 aliphatic rings. The molecule has 0 atom stereocenters. The van der Waals surface area contributed by atoms with E-state index in [1.165, 1.54) is 6.07 Å². The SMILES string of the molecule is CNCCOCc1ccc([N+](=O)[O-])c(F)c1. The number of likely N-dealkylation sites (N-methyl/N-ethyl adjacent to an activating group) is 1. The summed E-state index contributed by atoms with van der Waals surface area (Å²) < 4.78 is 18.4. The number of nitro benzene ring substituents is 1. The quantitative estimate of drug-likeness (QED) is 0.455. The Labute approximate surface area is 92.4 Å². The molecule has 0 aliphatic heterocycles. The van der Waals surface area contributed by atoms with E-state index in [9.17, 15) is 14.5 Å².